The number of carbonyl (C=O) groups is 1. The summed E-state index contributed by atoms with van der Waals surface area (Å²) < 4.78 is 95.1. The number of aromatic amines is 1. The molecular formula is C13H17F3N3O15P3. The Bertz CT molecular complexity index is 1300. The molecule has 5 N–H and O–H groups in total. The lowest BCUT2D eigenvalue weighted by Gasteiger charge is -2.27. The number of halogens is 3. The summed E-state index contributed by atoms with van der Waals surface area (Å²) in [6.07, 6.45) is -12.1. The van der Waals surface area contributed by atoms with Crippen molar-refractivity contribution in [3.05, 3.63) is 32.6 Å². The summed E-state index contributed by atoms with van der Waals surface area (Å²) in [6, 6.07) is 0. The Morgan fingerprint density at radius 1 is 1.14 bits per heavy atom. The summed E-state index contributed by atoms with van der Waals surface area (Å²) in [5.74, 6) is -2.30. The molecule has 0 spiro atoms. The molecule has 2 fully saturated rings. The van der Waals surface area contributed by atoms with Gasteiger partial charge in [0, 0.05) is 13.2 Å². The molecule has 6 atom stereocenters. The van der Waals surface area contributed by atoms with Gasteiger partial charge in [-0.3, -0.25) is 23.7 Å². The molecule has 3 rings (SSSR count). The summed E-state index contributed by atoms with van der Waals surface area (Å²) in [7, 11) is -15.3. The van der Waals surface area contributed by atoms with Gasteiger partial charge in [0.1, 0.15) is 18.3 Å². The third kappa shape index (κ3) is 6.83. The number of nitrogens with zero attached hydrogens (tertiary/aromatic N) is 2. The van der Waals surface area contributed by atoms with E-state index in [2.05, 4.69) is 17.5 Å². The predicted octanol–water partition coefficient (Wildman–Crippen LogP) is -0.935. The lowest BCUT2D eigenvalue weighted by Crippen LogP contribution is -2.42. The largest absolute Gasteiger partial charge is 0.492 e. The summed E-state index contributed by atoms with van der Waals surface area (Å²) in [6.45, 7) is -2.05. The second-order valence-corrected chi connectivity index (χ2v) is 12.4. The number of aliphatic hydroxyl groups excluding tert-OH is 2. The number of phosphoric acid groups is 3. The van der Waals surface area contributed by atoms with Crippen LogP contribution in [0.1, 0.15) is 11.8 Å². The molecule has 210 valence electrons. The van der Waals surface area contributed by atoms with Gasteiger partial charge in [-0.15, -0.1) is 0 Å². The second kappa shape index (κ2) is 10.1. The molecule has 1 aromatic heterocycles. The van der Waals surface area contributed by atoms with Crippen LogP contribution in [0.2, 0.25) is 0 Å². The second-order valence-electron chi connectivity index (χ2n) is 7.45. The Kier molecular flexibility index (Phi) is 8.14. The van der Waals surface area contributed by atoms with Gasteiger partial charge in [0.25, 0.3) is 5.56 Å². The van der Waals surface area contributed by atoms with E-state index in [-0.39, 0.29) is 4.90 Å². The molecule has 0 aromatic carbocycles. The van der Waals surface area contributed by atoms with Gasteiger partial charge in [0.15, 0.2) is 6.23 Å². The zero-order chi connectivity index (χ0) is 28.1. The smallest absolute Gasteiger partial charge is 0.387 e. The number of nitrogens with one attached hydrogen (secondary N) is 1. The van der Waals surface area contributed by atoms with Gasteiger partial charge in [-0.25, -0.2) is 18.5 Å². The van der Waals surface area contributed by atoms with Crippen molar-refractivity contribution in [2.75, 3.05) is 13.7 Å². The Morgan fingerprint density at radius 3 is 2.24 bits per heavy atom. The van der Waals surface area contributed by atoms with Gasteiger partial charge in [-0.1, -0.05) is 0 Å². The van der Waals surface area contributed by atoms with E-state index < -0.39 is 90.1 Å². The van der Waals surface area contributed by atoms with Crippen LogP contribution in [0.5, 0.6) is 0 Å². The van der Waals surface area contributed by atoms with Crippen molar-refractivity contribution < 1.29 is 73.9 Å². The van der Waals surface area contributed by atoms with Crippen molar-refractivity contribution >= 4 is 29.4 Å². The van der Waals surface area contributed by atoms with E-state index in [1.165, 1.54) is 0 Å². The minimum atomic E-state index is -5.38. The van der Waals surface area contributed by atoms with Gasteiger partial charge in [0.05, 0.1) is 18.7 Å². The lowest BCUT2D eigenvalue weighted by atomic mass is 10.1. The molecule has 18 nitrogen and oxygen atoms in total. The standard InChI is InChI=1S/C13H17F3N3O15P3/c1-18(11(23)13(14,15)16)2-5-3-19(12(24)17-9(5)22)10-8(21)7(20)6(31-10)4-30-37(29)33-35(25,26)32-36(27,28)34-37/h3,6-8,10,20-21H,2,4H2,1H3,(H,25,26)(H,27,28)(H,17,22,24)/t6-,7+,8+,10-/m1/s1. The number of H-pyrrole nitrogens is 1. The van der Waals surface area contributed by atoms with E-state index in [1.807, 2.05) is 0 Å². The van der Waals surface area contributed by atoms with Crippen molar-refractivity contribution in [1.29, 1.82) is 0 Å². The normalized spacial score (nSPS) is 36.4. The average molecular weight is 605 g/mol. The molecule has 2 saturated heterocycles. The van der Waals surface area contributed by atoms with Crippen LogP contribution < -0.4 is 11.2 Å². The first-order chi connectivity index (χ1) is 16.7. The Labute approximate surface area is 201 Å². The molecule has 1 amide bonds. The summed E-state index contributed by atoms with van der Waals surface area (Å²) >= 11 is 0. The van der Waals surface area contributed by atoms with Crippen molar-refractivity contribution in [3.8, 4) is 0 Å². The van der Waals surface area contributed by atoms with Crippen LogP contribution in [0.3, 0.4) is 0 Å². The van der Waals surface area contributed by atoms with E-state index in [0.717, 1.165) is 7.05 Å². The first kappa shape index (κ1) is 29.8. The quantitative estimate of drug-likeness (QED) is 0.246. The third-order valence-corrected chi connectivity index (χ3v) is 10.0. The molecule has 0 radical (unpaired) electrons. The maximum Gasteiger partial charge on any atom is 0.492 e. The van der Waals surface area contributed by atoms with Crippen LogP contribution in [-0.4, -0.2) is 78.5 Å². The number of ether oxygens (including phenoxy) is 1. The Hall–Kier alpha value is -1.73. The summed E-state index contributed by atoms with van der Waals surface area (Å²) in [5.41, 5.74) is -3.00. The molecule has 1 aromatic rings. The highest BCUT2D eigenvalue weighted by Gasteiger charge is 2.55. The van der Waals surface area contributed by atoms with Crippen molar-refractivity contribution in [1.82, 2.24) is 14.5 Å². The fourth-order valence-corrected chi connectivity index (χ4v) is 8.04. The molecule has 2 unspecified atom stereocenters. The molecule has 0 saturated carbocycles. The van der Waals surface area contributed by atoms with Gasteiger partial charge in [-0.05, 0) is 0 Å². The van der Waals surface area contributed by atoms with Crippen LogP contribution in [0.25, 0.3) is 0 Å². The summed E-state index contributed by atoms with van der Waals surface area (Å²) in [4.78, 5) is 55.9. The monoisotopic (exact) mass is 605 g/mol. The van der Waals surface area contributed by atoms with Crippen molar-refractivity contribution in [2.24, 2.45) is 0 Å². The number of rotatable bonds is 6. The number of hydrogen-bond donors (Lipinski definition) is 5. The number of amides is 1. The van der Waals surface area contributed by atoms with Crippen molar-refractivity contribution in [3.63, 3.8) is 0 Å². The highest BCUT2D eigenvalue weighted by atomic mass is 31.3. The van der Waals surface area contributed by atoms with Crippen LogP contribution in [0, 0.1) is 0 Å². The maximum atomic E-state index is 12.6. The molecule has 0 bridgehead atoms. The molecule has 2 aliphatic rings. The van der Waals surface area contributed by atoms with E-state index >= 15 is 0 Å². The fraction of sp³-hybridized carbons (Fsp3) is 0.615. The van der Waals surface area contributed by atoms with Gasteiger partial charge in [0.2, 0.25) is 0 Å². The zero-order valence-corrected chi connectivity index (χ0v) is 20.6. The minimum Gasteiger partial charge on any atom is -0.387 e. The van der Waals surface area contributed by atoms with Crippen LogP contribution in [0.4, 0.5) is 13.2 Å². The lowest BCUT2D eigenvalue weighted by molar-refractivity contribution is -0.184. The van der Waals surface area contributed by atoms with Crippen molar-refractivity contribution in [2.45, 2.75) is 37.3 Å². The summed E-state index contributed by atoms with van der Waals surface area (Å²) in [5, 5.41) is 20.5. The SMILES string of the molecule is CN(Cc1cn([C@@H]2O[C@H](COP3(=O)OP(=O)(O)OP(=O)(O)O3)[C@H](O)[C@@H]2O)c(=O)[nH]c1=O)C(=O)C(F)(F)F. The van der Waals surface area contributed by atoms with Crippen LogP contribution in [0.15, 0.2) is 15.8 Å². The molecule has 37 heavy (non-hydrogen) atoms. The maximum absolute atomic E-state index is 12.6. The fourth-order valence-electron chi connectivity index (χ4n) is 3.11. The topological polar surface area (TPSA) is 253 Å². The number of aliphatic hydroxyl groups is 2. The molecule has 2 aliphatic heterocycles. The number of aromatic nitrogens is 2. The number of carbonyl (C=O) groups excluding carboxylic acids is 1. The van der Waals surface area contributed by atoms with E-state index in [9.17, 15) is 61.2 Å². The minimum absolute atomic E-state index is 0.127. The van der Waals surface area contributed by atoms with Crippen LogP contribution >= 0.6 is 23.5 Å². The van der Waals surface area contributed by atoms with Gasteiger partial charge < -0.3 is 29.6 Å². The van der Waals surface area contributed by atoms with Gasteiger partial charge in [-0.2, -0.15) is 26.1 Å². The highest BCUT2D eigenvalue weighted by molar-refractivity contribution is 7.74. The van der Waals surface area contributed by atoms with E-state index in [0.29, 0.717) is 10.8 Å². The van der Waals surface area contributed by atoms with Gasteiger partial charge >= 0.3 is 41.2 Å². The Morgan fingerprint density at radius 2 is 1.70 bits per heavy atom. The predicted molar refractivity (Wildman–Crippen MR) is 106 cm³/mol. The first-order valence-electron chi connectivity index (χ1n) is 9.46. The van der Waals surface area contributed by atoms with E-state index in [4.69, 9.17) is 4.74 Å². The molecular weight excluding hydrogens is 588 g/mol. The number of hydrogen-bond acceptors (Lipinski definition) is 13. The average Bonchev–Trinajstić information content (AvgIpc) is 2.98. The third-order valence-electron chi connectivity index (χ3n) is 4.66. The first-order valence-corrected chi connectivity index (χ1v) is 13.9. The molecule has 3 heterocycles. The van der Waals surface area contributed by atoms with Crippen LogP contribution in [-0.2, 0) is 47.2 Å². The molecule has 24 heteroatoms. The number of alkyl halides is 3. The van der Waals surface area contributed by atoms with E-state index in [1.54, 1.807) is 4.98 Å². The highest BCUT2D eigenvalue weighted by Crippen LogP contribution is 2.80. The zero-order valence-electron chi connectivity index (χ0n) is 18.0. The Balaban J connectivity index is 1.79. The molecule has 0 aliphatic carbocycles.